The van der Waals surface area contributed by atoms with Crippen molar-refractivity contribution in [1.82, 2.24) is 14.9 Å². The number of primary amides is 1. The van der Waals surface area contributed by atoms with Crippen molar-refractivity contribution in [3.8, 4) is 0 Å². The van der Waals surface area contributed by atoms with Gasteiger partial charge in [-0.05, 0) is 50.9 Å². The standard InChI is InChI=1S/C22H29N7O2/c23-18-17(19(30)26-16-7-3-1-4-8-16)15-25-21(27-18)28-13-9-22(10-14-28,20(24)31)29-11-5-2-6-12-29/h1,3-4,7-8,15H,2,5-6,9-14H2,(H2,24,31)(H,26,30)(H2,23,25,27). The minimum Gasteiger partial charge on any atom is -0.383 e. The number of hydrogen-bond donors (Lipinski definition) is 3. The van der Waals surface area contributed by atoms with Gasteiger partial charge >= 0.3 is 0 Å². The molecular weight excluding hydrogens is 394 g/mol. The maximum Gasteiger partial charge on any atom is 0.260 e. The van der Waals surface area contributed by atoms with E-state index in [9.17, 15) is 9.59 Å². The first-order chi connectivity index (χ1) is 15.0. The molecule has 2 amide bonds. The molecule has 2 aliphatic heterocycles. The van der Waals surface area contributed by atoms with Gasteiger partial charge in [0.1, 0.15) is 16.9 Å². The third-order valence-electron chi connectivity index (χ3n) is 6.38. The van der Waals surface area contributed by atoms with Crippen molar-refractivity contribution in [3.63, 3.8) is 0 Å². The summed E-state index contributed by atoms with van der Waals surface area (Å²) in [4.78, 5) is 37.9. The fraction of sp³-hybridized carbons (Fsp3) is 0.455. The number of likely N-dealkylation sites (tertiary alicyclic amines) is 1. The second kappa shape index (κ2) is 8.89. The molecule has 0 radical (unpaired) electrons. The van der Waals surface area contributed by atoms with Crippen LogP contribution in [0.1, 0.15) is 42.5 Å². The zero-order valence-corrected chi connectivity index (χ0v) is 17.6. The van der Waals surface area contributed by atoms with Gasteiger partial charge in [0.15, 0.2) is 0 Å². The number of amides is 2. The Balaban J connectivity index is 1.44. The highest BCUT2D eigenvalue weighted by Crippen LogP contribution is 2.32. The van der Waals surface area contributed by atoms with E-state index in [1.807, 2.05) is 23.1 Å². The summed E-state index contributed by atoms with van der Waals surface area (Å²) in [6.45, 7) is 3.04. The van der Waals surface area contributed by atoms with Gasteiger partial charge in [0, 0.05) is 25.0 Å². The summed E-state index contributed by atoms with van der Waals surface area (Å²) in [5.41, 5.74) is 12.2. The first-order valence-electron chi connectivity index (χ1n) is 10.8. The molecule has 164 valence electrons. The summed E-state index contributed by atoms with van der Waals surface area (Å²) in [6.07, 6.45) is 6.12. The largest absolute Gasteiger partial charge is 0.383 e. The van der Waals surface area contributed by atoms with E-state index in [-0.39, 0.29) is 23.2 Å². The van der Waals surface area contributed by atoms with Gasteiger partial charge in [-0.1, -0.05) is 24.6 Å². The number of nitrogens with two attached hydrogens (primary N) is 2. The zero-order chi connectivity index (χ0) is 21.8. The Bertz CT molecular complexity index is 936. The molecule has 0 unspecified atom stereocenters. The molecule has 9 heteroatoms. The van der Waals surface area contributed by atoms with Crippen LogP contribution in [0.4, 0.5) is 17.5 Å². The van der Waals surface area contributed by atoms with E-state index in [0.717, 1.165) is 25.9 Å². The quantitative estimate of drug-likeness (QED) is 0.666. The van der Waals surface area contributed by atoms with Crippen LogP contribution < -0.4 is 21.7 Å². The normalized spacial score (nSPS) is 19.0. The number of nitrogen functional groups attached to an aromatic ring is 1. The molecule has 9 nitrogen and oxygen atoms in total. The molecule has 0 spiro atoms. The Hall–Kier alpha value is -3.20. The Morgan fingerprint density at radius 3 is 2.29 bits per heavy atom. The highest BCUT2D eigenvalue weighted by Gasteiger charge is 2.45. The minimum atomic E-state index is -0.599. The molecule has 1 aromatic heterocycles. The smallest absolute Gasteiger partial charge is 0.260 e. The Kier molecular flexibility index (Phi) is 6.03. The Morgan fingerprint density at radius 2 is 1.68 bits per heavy atom. The lowest BCUT2D eigenvalue weighted by Gasteiger charge is -2.48. The number of aromatic nitrogens is 2. The van der Waals surface area contributed by atoms with Crippen LogP contribution in [-0.2, 0) is 4.79 Å². The zero-order valence-electron chi connectivity index (χ0n) is 17.6. The fourth-order valence-corrected chi connectivity index (χ4v) is 4.55. The van der Waals surface area contributed by atoms with Crippen molar-refractivity contribution < 1.29 is 9.59 Å². The molecule has 2 saturated heterocycles. The molecule has 0 bridgehead atoms. The molecule has 2 aromatic rings. The van der Waals surface area contributed by atoms with Gasteiger partial charge in [0.05, 0.1) is 0 Å². The summed E-state index contributed by atoms with van der Waals surface area (Å²) in [5, 5.41) is 2.79. The van der Waals surface area contributed by atoms with E-state index < -0.39 is 5.54 Å². The van der Waals surface area contributed by atoms with Crippen molar-refractivity contribution in [2.24, 2.45) is 5.73 Å². The molecule has 2 fully saturated rings. The molecule has 3 heterocycles. The van der Waals surface area contributed by atoms with Crippen LogP contribution >= 0.6 is 0 Å². The highest BCUT2D eigenvalue weighted by molar-refractivity contribution is 6.07. The van der Waals surface area contributed by atoms with Gasteiger partial charge in [0.25, 0.3) is 5.91 Å². The lowest BCUT2D eigenvalue weighted by molar-refractivity contribution is -0.132. The minimum absolute atomic E-state index is 0.126. The van der Waals surface area contributed by atoms with Crippen molar-refractivity contribution in [3.05, 3.63) is 42.1 Å². The number of nitrogens with one attached hydrogen (secondary N) is 1. The fourth-order valence-electron chi connectivity index (χ4n) is 4.55. The van der Waals surface area contributed by atoms with Crippen LogP contribution in [0.5, 0.6) is 0 Å². The van der Waals surface area contributed by atoms with Crippen LogP contribution in [0.2, 0.25) is 0 Å². The average Bonchev–Trinajstić information content (AvgIpc) is 2.80. The maximum atomic E-state index is 12.5. The number of carbonyl (C=O) groups excluding carboxylic acids is 2. The molecule has 0 saturated carbocycles. The van der Waals surface area contributed by atoms with Crippen LogP contribution in [0.25, 0.3) is 0 Å². The average molecular weight is 424 g/mol. The first-order valence-corrected chi connectivity index (χ1v) is 10.8. The van der Waals surface area contributed by atoms with Crippen molar-refractivity contribution >= 4 is 29.3 Å². The predicted octanol–water partition coefficient (Wildman–Crippen LogP) is 1.62. The van der Waals surface area contributed by atoms with Crippen LogP contribution in [0.3, 0.4) is 0 Å². The second-order valence-electron chi connectivity index (χ2n) is 8.22. The van der Waals surface area contributed by atoms with E-state index in [0.29, 0.717) is 37.6 Å². The molecular formula is C22H29N7O2. The van der Waals surface area contributed by atoms with Gasteiger partial charge < -0.3 is 21.7 Å². The predicted molar refractivity (Wildman–Crippen MR) is 120 cm³/mol. The maximum absolute atomic E-state index is 12.5. The van der Waals surface area contributed by atoms with Gasteiger partial charge in [-0.2, -0.15) is 4.98 Å². The Morgan fingerprint density at radius 1 is 1.00 bits per heavy atom. The topological polar surface area (TPSA) is 130 Å². The number of nitrogens with zero attached hydrogens (tertiary/aromatic N) is 4. The van der Waals surface area contributed by atoms with Gasteiger partial charge in [0.2, 0.25) is 11.9 Å². The summed E-state index contributed by atoms with van der Waals surface area (Å²) in [5.74, 6) is -0.0131. The Labute approximate surface area is 181 Å². The SMILES string of the molecule is NC(=O)C1(N2CCCCC2)CCN(c2ncc(C(=O)Nc3ccccc3)c(N)n2)CC1. The number of para-hydroxylation sites is 1. The summed E-state index contributed by atoms with van der Waals surface area (Å²) in [7, 11) is 0. The number of carbonyl (C=O) groups is 2. The lowest BCUT2D eigenvalue weighted by atomic mass is 9.83. The van der Waals surface area contributed by atoms with Gasteiger partial charge in [-0.15, -0.1) is 0 Å². The number of hydrogen-bond acceptors (Lipinski definition) is 7. The molecule has 0 atom stereocenters. The van der Waals surface area contributed by atoms with E-state index in [2.05, 4.69) is 20.2 Å². The van der Waals surface area contributed by atoms with Gasteiger partial charge in [-0.3, -0.25) is 14.5 Å². The highest BCUT2D eigenvalue weighted by atomic mass is 16.2. The summed E-state index contributed by atoms with van der Waals surface area (Å²) < 4.78 is 0. The number of rotatable bonds is 5. The van der Waals surface area contributed by atoms with Crippen LogP contribution in [-0.4, -0.2) is 58.4 Å². The second-order valence-corrected chi connectivity index (χ2v) is 8.22. The van der Waals surface area contributed by atoms with Crippen molar-refractivity contribution in [2.75, 3.05) is 42.1 Å². The van der Waals surface area contributed by atoms with Crippen LogP contribution in [0.15, 0.2) is 36.5 Å². The first kappa shape index (κ1) is 21.0. The van der Waals surface area contributed by atoms with E-state index in [4.69, 9.17) is 11.5 Å². The molecule has 1 aromatic carbocycles. The number of anilines is 3. The molecule has 4 rings (SSSR count). The summed E-state index contributed by atoms with van der Waals surface area (Å²) >= 11 is 0. The monoisotopic (exact) mass is 423 g/mol. The van der Waals surface area contributed by atoms with E-state index in [1.165, 1.54) is 12.6 Å². The van der Waals surface area contributed by atoms with Crippen molar-refractivity contribution in [1.29, 1.82) is 0 Å². The van der Waals surface area contributed by atoms with E-state index in [1.54, 1.807) is 12.1 Å². The van der Waals surface area contributed by atoms with Crippen molar-refractivity contribution in [2.45, 2.75) is 37.6 Å². The third kappa shape index (κ3) is 4.32. The number of piperidine rings is 2. The lowest BCUT2D eigenvalue weighted by Crippen LogP contribution is -2.63. The molecule has 5 N–H and O–H groups in total. The van der Waals surface area contributed by atoms with Crippen LogP contribution in [0, 0.1) is 0 Å². The van der Waals surface area contributed by atoms with Gasteiger partial charge in [-0.25, -0.2) is 4.98 Å². The third-order valence-corrected chi connectivity index (χ3v) is 6.38. The summed E-state index contributed by atoms with van der Waals surface area (Å²) in [6, 6.07) is 9.14. The molecule has 2 aliphatic rings. The van der Waals surface area contributed by atoms with E-state index >= 15 is 0 Å². The molecule has 0 aliphatic carbocycles. The number of benzene rings is 1. The molecule has 31 heavy (non-hydrogen) atoms.